The average Bonchev–Trinajstić information content (AvgIpc) is 2.77. The van der Waals surface area contributed by atoms with E-state index in [2.05, 4.69) is 9.47 Å². The van der Waals surface area contributed by atoms with Crippen molar-refractivity contribution in [2.75, 3.05) is 26.3 Å². The second kappa shape index (κ2) is 5.26. The number of hydrogen-bond acceptors (Lipinski definition) is 3. The Bertz CT molecular complexity index is 642. The minimum absolute atomic E-state index is 0.367. The molecule has 1 saturated heterocycles. The maximum atomic E-state index is 11.3. The van der Waals surface area contributed by atoms with Crippen molar-refractivity contribution in [3.05, 3.63) is 35.5 Å². The van der Waals surface area contributed by atoms with E-state index in [1.54, 1.807) is 12.1 Å². The van der Waals surface area contributed by atoms with Crippen molar-refractivity contribution < 1.29 is 14.6 Å². The third kappa shape index (κ3) is 2.30. The zero-order chi connectivity index (χ0) is 14.1. The highest BCUT2D eigenvalue weighted by molar-refractivity contribution is 6.03. The Morgan fingerprint density at radius 2 is 2.10 bits per heavy atom. The number of carboxylic acid groups (broad SMARTS) is 1. The van der Waals surface area contributed by atoms with Crippen molar-refractivity contribution in [3.8, 4) is 0 Å². The molecule has 1 aromatic carbocycles. The van der Waals surface area contributed by atoms with Gasteiger partial charge in [-0.3, -0.25) is 4.90 Å². The molecule has 1 fully saturated rings. The summed E-state index contributed by atoms with van der Waals surface area (Å²) in [6, 6.07) is 7.41. The van der Waals surface area contributed by atoms with Crippen molar-refractivity contribution in [1.82, 2.24) is 9.47 Å². The summed E-state index contributed by atoms with van der Waals surface area (Å²) in [5.74, 6) is -0.876. The van der Waals surface area contributed by atoms with E-state index >= 15 is 0 Å². The molecule has 0 bridgehead atoms. The van der Waals surface area contributed by atoms with Crippen molar-refractivity contribution >= 4 is 16.9 Å². The summed E-state index contributed by atoms with van der Waals surface area (Å²) in [6.45, 7) is 4.21. The molecular weight excluding hydrogens is 256 g/mol. The molecule has 0 saturated carbocycles. The molecule has 0 atom stereocenters. The predicted octanol–water partition coefficient (Wildman–Crippen LogP) is 1.71. The van der Waals surface area contributed by atoms with Crippen LogP contribution in [0, 0.1) is 0 Å². The van der Waals surface area contributed by atoms with E-state index in [0.29, 0.717) is 5.56 Å². The number of rotatable bonds is 3. The highest BCUT2D eigenvalue weighted by Gasteiger charge is 2.16. The predicted molar refractivity (Wildman–Crippen MR) is 76.0 cm³/mol. The molecule has 1 aliphatic heterocycles. The number of hydrogen-bond donors (Lipinski definition) is 1. The van der Waals surface area contributed by atoms with Crippen molar-refractivity contribution in [2.45, 2.75) is 6.54 Å². The van der Waals surface area contributed by atoms with Gasteiger partial charge in [0.1, 0.15) is 0 Å². The number of nitrogens with zero attached hydrogens (tertiary/aromatic N) is 2. The van der Waals surface area contributed by atoms with Gasteiger partial charge in [0.05, 0.1) is 18.8 Å². The van der Waals surface area contributed by atoms with Gasteiger partial charge in [-0.05, 0) is 18.2 Å². The van der Waals surface area contributed by atoms with E-state index in [-0.39, 0.29) is 0 Å². The lowest BCUT2D eigenvalue weighted by Crippen LogP contribution is -2.36. The number of morpholine rings is 1. The molecule has 3 rings (SSSR count). The Morgan fingerprint density at radius 1 is 1.35 bits per heavy atom. The maximum absolute atomic E-state index is 11.3. The number of ether oxygens (including phenoxy) is 1. The van der Waals surface area contributed by atoms with Crippen molar-refractivity contribution in [2.24, 2.45) is 7.05 Å². The SMILES string of the molecule is Cn1c(CN2CCOCC2)cc2c(C(=O)O)cccc21. The van der Waals surface area contributed by atoms with Gasteiger partial charge in [0.25, 0.3) is 0 Å². The zero-order valence-electron chi connectivity index (χ0n) is 11.5. The molecule has 0 spiro atoms. The fourth-order valence-corrected chi connectivity index (χ4v) is 2.74. The highest BCUT2D eigenvalue weighted by Crippen LogP contribution is 2.23. The lowest BCUT2D eigenvalue weighted by molar-refractivity contribution is 0.0333. The van der Waals surface area contributed by atoms with Gasteiger partial charge in [-0.2, -0.15) is 0 Å². The summed E-state index contributed by atoms with van der Waals surface area (Å²) in [7, 11) is 1.99. The second-order valence-corrected chi connectivity index (χ2v) is 5.13. The third-order valence-electron chi connectivity index (χ3n) is 3.91. The number of carbonyl (C=O) groups is 1. The summed E-state index contributed by atoms with van der Waals surface area (Å²) in [4.78, 5) is 13.6. The summed E-state index contributed by atoms with van der Waals surface area (Å²) in [5, 5.41) is 10.1. The fourth-order valence-electron chi connectivity index (χ4n) is 2.74. The number of aromatic carboxylic acids is 1. The van der Waals surface area contributed by atoms with Crippen LogP contribution in [-0.4, -0.2) is 46.8 Å². The van der Waals surface area contributed by atoms with Crippen LogP contribution in [0.3, 0.4) is 0 Å². The molecule has 0 aliphatic carbocycles. The molecular formula is C15H18N2O3. The Morgan fingerprint density at radius 3 is 2.80 bits per heavy atom. The first-order valence-electron chi connectivity index (χ1n) is 6.77. The molecule has 1 N–H and O–H groups in total. The van der Waals surface area contributed by atoms with Gasteiger partial charge in [0.15, 0.2) is 0 Å². The van der Waals surface area contributed by atoms with E-state index in [1.165, 1.54) is 0 Å². The molecule has 20 heavy (non-hydrogen) atoms. The van der Waals surface area contributed by atoms with E-state index in [0.717, 1.165) is 49.4 Å². The molecule has 2 heterocycles. The molecule has 0 amide bonds. The van der Waals surface area contributed by atoms with Gasteiger partial charge in [-0.1, -0.05) is 6.07 Å². The lowest BCUT2D eigenvalue weighted by atomic mass is 10.1. The van der Waals surface area contributed by atoms with Gasteiger partial charge in [0, 0.05) is 43.3 Å². The monoisotopic (exact) mass is 274 g/mol. The number of carboxylic acids is 1. The van der Waals surface area contributed by atoms with Gasteiger partial charge < -0.3 is 14.4 Å². The second-order valence-electron chi connectivity index (χ2n) is 5.13. The fraction of sp³-hybridized carbons (Fsp3) is 0.400. The first-order valence-corrected chi connectivity index (χ1v) is 6.77. The smallest absolute Gasteiger partial charge is 0.336 e. The molecule has 5 heteroatoms. The number of fused-ring (bicyclic) bond motifs is 1. The Labute approximate surface area is 117 Å². The van der Waals surface area contributed by atoms with Gasteiger partial charge in [0.2, 0.25) is 0 Å². The molecule has 2 aromatic rings. The Kier molecular flexibility index (Phi) is 3.46. The summed E-state index contributed by atoms with van der Waals surface area (Å²) < 4.78 is 7.43. The van der Waals surface area contributed by atoms with Gasteiger partial charge in [-0.25, -0.2) is 4.79 Å². The van der Waals surface area contributed by atoms with E-state index in [4.69, 9.17) is 4.74 Å². The summed E-state index contributed by atoms with van der Waals surface area (Å²) >= 11 is 0. The van der Waals surface area contributed by atoms with Crippen LogP contribution in [0.25, 0.3) is 10.9 Å². The largest absolute Gasteiger partial charge is 0.478 e. The van der Waals surface area contributed by atoms with E-state index in [9.17, 15) is 9.90 Å². The Hall–Kier alpha value is -1.85. The van der Waals surface area contributed by atoms with Crippen LogP contribution in [0.15, 0.2) is 24.3 Å². The van der Waals surface area contributed by atoms with E-state index < -0.39 is 5.97 Å². The number of aromatic nitrogens is 1. The molecule has 106 valence electrons. The number of benzene rings is 1. The lowest BCUT2D eigenvalue weighted by Gasteiger charge is -2.26. The molecule has 1 aromatic heterocycles. The molecule has 5 nitrogen and oxygen atoms in total. The van der Waals surface area contributed by atoms with Crippen LogP contribution in [0.4, 0.5) is 0 Å². The zero-order valence-corrected chi connectivity index (χ0v) is 11.5. The quantitative estimate of drug-likeness (QED) is 0.925. The van der Waals surface area contributed by atoms with Gasteiger partial charge in [-0.15, -0.1) is 0 Å². The minimum Gasteiger partial charge on any atom is -0.478 e. The Balaban J connectivity index is 1.97. The van der Waals surface area contributed by atoms with Crippen LogP contribution < -0.4 is 0 Å². The van der Waals surface area contributed by atoms with Crippen molar-refractivity contribution in [3.63, 3.8) is 0 Å². The van der Waals surface area contributed by atoms with E-state index in [1.807, 2.05) is 19.2 Å². The van der Waals surface area contributed by atoms with Crippen LogP contribution in [0.1, 0.15) is 16.1 Å². The minimum atomic E-state index is -0.876. The molecule has 0 radical (unpaired) electrons. The third-order valence-corrected chi connectivity index (χ3v) is 3.91. The first kappa shape index (κ1) is 13.1. The average molecular weight is 274 g/mol. The van der Waals surface area contributed by atoms with Gasteiger partial charge >= 0.3 is 5.97 Å². The van der Waals surface area contributed by atoms with Crippen LogP contribution in [-0.2, 0) is 18.3 Å². The maximum Gasteiger partial charge on any atom is 0.336 e. The normalized spacial score (nSPS) is 16.6. The standard InChI is InChI=1S/C15H18N2O3/c1-16-11(10-17-5-7-20-8-6-17)9-13-12(15(18)19)3-2-4-14(13)16/h2-4,9H,5-8,10H2,1H3,(H,18,19). The van der Waals surface area contributed by atoms with Crippen LogP contribution in [0.2, 0.25) is 0 Å². The van der Waals surface area contributed by atoms with Crippen LogP contribution in [0.5, 0.6) is 0 Å². The summed E-state index contributed by atoms with van der Waals surface area (Å²) in [6.07, 6.45) is 0. The van der Waals surface area contributed by atoms with Crippen LogP contribution >= 0.6 is 0 Å². The number of aryl methyl sites for hydroxylation is 1. The molecule has 1 aliphatic rings. The summed E-state index contributed by atoms with van der Waals surface area (Å²) in [5.41, 5.74) is 2.47. The first-order chi connectivity index (χ1) is 9.66. The highest BCUT2D eigenvalue weighted by atomic mass is 16.5. The molecule has 0 unspecified atom stereocenters. The topological polar surface area (TPSA) is 54.7 Å². The van der Waals surface area contributed by atoms with Crippen molar-refractivity contribution in [1.29, 1.82) is 0 Å².